The van der Waals surface area contributed by atoms with Crippen LogP contribution in [0.3, 0.4) is 0 Å². The number of carbonyl (C=O) groups is 3. The zero-order chi connectivity index (χ0) is 29.9. The molecule has 1 fully saturated rings. The van der Waals surface area contributed by atoms with E-state index in [0.717, 1.165) is 16.7 Å². The van der Waals surface area contributed by atoms with Crippen LogP contribution in [-0.2, 0) is 19.7 Å². The fourth-order valence-electron chi connectivity index (χ4n) is 6.35. The highest BCUT2D eigenvalue weighted by Gasteiger charge is 2.50. The Bertz CT molecular complexity index is 1470. The van der Waals surface area contributed by atoms with Gasteiger partial charge in [0.1, 0.15) is 11.2 Å². The molecule has 3 aromatic carbocycles. The Morgan fingerprint density at radius 3 is 2.40 bits per heavy atom. The number of piperidine rings is 1. The second-order valence-corrected chi connectivity index (χ2v) is 11.2. The second kappa shape index (κ2) is 12.4. The van der Waals surface area contributed by atoms with Crippen molar-refractivity contribution in [1.82, 2.24) is 10.2 Å². The highest BCUT2D eigenvalue weighted by Crippen LogP contribution is 2.48. The van der Waals surface area contributed by atoms with Gasteiger partial charge >= 0.3 is 5.97 Å². The summed E-state index contributed by atoms with van der Waals surface area (Å²) < 4.78 is 10.9. The molecule has 8 nitrogen and oxygen atoms in total. The predicted molar refractivity (Wildman–Crippen MR) is 162 cm³/mol. The third kappa shape index (κ3) is 5.43. The first-order chi connectivity index (χ1) is 20.3. The molecule has 5 rings (SSSR count). The average Bonchev–Trinajstić information content (AvgIpc) is 3.02. The van der Waals surface area contributed by atoms with Crippen LogP contribution in [0.1, 0.15) is 65.6 Å². The number of fused-ring (bicyclic) bond motifs is 1. The van der Waals surface area contributed by atoms with Crippen molar-refractivity contribution in [1.29, 1.82) is 0 Å². The molecule has 3 N–H and O–H groups in total. The highest BCUT2D eigenvalue weighted by molar-refractivity contribution is 6.33. The van der Waals surface area contributed by atoms with Gasteiger partial charge in [0.05, 0.1) is 35.9 Å². The number of rotatable bonds is 7. The molecule has 1 saturated heterocycles. The number of nitrogens with one attached hydrogen (secondary N) is 1. The molecule has 42 heavy (non-hydrogen) atoms. The minimum Gasteiger partial charge on any atom is -0.496 e. The third-order valence-electron chi connectivity index (χ3n) is 8.50. The fraction of sp³-hybridized carbons (Fsp3) is 0.364. The van der Waals surface area contributed by atoms with Crippen LogP contribution in [0.25, 0.3) is 0 Å². The molecule has 2 atom stereocenters. The summed E-state index contributed by atoms with van der Waals surface area (Å²) in [5.41, 5.74) is 8.12. The van der Waals surface area contributed by atoms with Crippen LogP contribution in [0, 0.1) is 0 Å². The van der Waals surface area contributed by atoms with Gasteiger partial charge in [0.15, 0.2) is 0 Å². The van der Waals surface area contributed by atoms with Gasteiger partial charge in [-0.3, -0.25) is 14.4 Å². The van der Waals surface area contributed by atoms with Gasteiger partial charge in [-0.05, 0) is 55.4 Å². The molecule has 9 heteroatoms. The average molecular weight is 590 g/mol. The molecule has 0 bridgehead atoms. The van der Waals surface area contributed by atoms with E-state index in [-0.39, 0.29) is 41.4 Å². The highest BCUT2D eigenvalue weighted by atomic mass is 35.5. The van der Waals surface area contributed by atoms with E-state index in [4.69, 9.17) is 26.8 Å². The van der Waals surface area contributed by atoms with Crippen molar-refractivity contribution in [3.8, 4) is 5.75 Å². The number of carbonyl (C=O) groups excluding carboxylic acids is 3. The van der Waals surface area contributed by atoms with Crippen LogP contribution in [-0.4, -0.2) is 55.5 Å². The van der Waals surface area contributed by atoms with E-state index in [1.54, 1.807) is 0 Å². The molecule has 0 saturated carbocycles. The topological polar surface area (TPSA) is 111 Å². The molecule has 0 radical (unpaired) electrons. The number of amides is 2. The number of nitrogens with zero attached hydrogens (tertiary/aromatic N) is 1. The Hall–Kier alpha value is -4.04. The van der Waals surface area contributed by atoms with Gasteiger partial charge in [0.25, 0.3) is 5.91 Å². The predicted octanol–water partition coefficient (Wildman–Crippen LogP) is 5.08. The van der Waals surface area contributed by atoms with Crippen LogP contribution in [0.2, 0.25) is 5.02 Å². The number of nitrogens with two attached hydrogens (primary N) is 1. The van der Waals surface area contributed by atoms with Gasteiger partial charge in [0, 0.05) is 25.2 Å². The molecule has 1 heterocycles. The van der Waals surface area contributed by atoms with Crippen LogP contribution in [0.5, 0.6) is 5.75 Å². The lowest BCUT2D eigenvalue weighted by Crippen LogP contribution is -2.49. The number of halogens is 1. The van der Waals surface area contributed by atoms with E-state index in [1.807, 2.05) is 66.4 Å². The van der Waals surface area contributed by atoms with Gasteiger partial charge in [0.2, 0.25) is 5.91 Å². The first-order valence-electron chi connectivity index (χ1n) is 14.3. The summed E-state index contributed by atoms with van der Waals surface area (Å²) in [5.74, 6) is -0.544. The SMILES string of the molecule is CCOC(=O)[C@]1(c2ccccc2)CC[C@@H](C(=O)N2CCC(NC(=O)c3cc(Cl)c(N)cc3OC)CC2)c2ccccc21. The van der Waals surface area contributed by atoms with Crippen LogP contribution >= 0.6 is 11.6 Å². The molecule has 2 aliphatic rings. The quantitative estimate of drug-likeness (QED) is 0.294. The first-order valence-corrected chi connectivity index (χ1v) is 14.7. The standard InChI is InChI=1S/C33H36ClN3O5/c1-3-42-32(40)33(21-9-5-4-6-10-21)16-13-24(23-11-7-8-12-26(23)33)31(39)37-17-14-22(15-18-37)36-30(38)25-19-27(34)28(35)20-29(25)41-2/h4-12,19-20,22,24H,3,13-18,35H2,1-2H3,(H,36,38)/t24-,33+/m1/s1. The third-order valence-corrected chi connectivity index (χ3v) is 8.83. The maximum atomic E-state index is 13.9. The van der Waals surface area contributed by atoms with Crippen molar-refractivity contribution in [2.24, 2.45) is 0 Å². The van der Waals surface area contributed by atoms with E-state index in [1.165, 1.54) is 19.2 Å². The summed E-state index contributed by atoms with van der Waals surface area (Å²) in [4.78, 5) is 42.4. The zero-order valence-corrected chi connectivity index (χ0v) is 24.7. The molecular weight excluding hydrogens is 554 g/mol. The molecule has 0 unspecified atom stereocenters. The van der Waals surface area contributed by atoms with Gasteiger partial charge in [-0.25, -0.2) is 0 Å². The molecule has 220 valence electrons. The fourth-order valence-corrected chi connectivity index (χ4v) is 6.51. The monoisotopic (exact) mass is 589 g/mol. The van der Waals surface area contributed by atoms with Crippen molar-refractivity contribution < 1.29 is 23.9 Å². The van der Waals surface area contributed by atoms with E-state index in [0.29, 0.717) is 55.8 Å². The smallest absolute Gasteiger partial charge is 0.321 e. The second-order valence-electron chi connectivity index (χ2n) is 10.8. The minimum absolute atomic E-state index is 0.0460. The van der Waals surface area contributed by atoms with Crippen molar-refractivity contribution in [2.75, 3.05) is 32.5 Å². The first kappa shape index (κ1) is 29.5. The maximum Gasteiger partial charge on any atom is 0.321 e. The number of methoxy groups -OCH3 is 1. The number of ether oxygens (including phenoxy) is 2. The molecule has 0 spiro atoms. The Kier molecular flexibility index (Phi) is 8.73. The summed E-state index contributed by atoms with van der Waals surface area (Å²) >= 11 is 6.15. The van der Waals surface area contributed by atoms with Crippen LogP contribution in [0.15, 0.2) is 66.7 Å². The Labute approximate surface area is 251 Å². The Morgan fingerprint density at radius 1 is 1.02 bits per heavy atom. The number of benzene rings is 3. The summed E-state index contributed by atoms with van der Waals surface area (Å²) in [5, 5.41) is 3.34. The molecule has 1 aliphatic heterocycles. The molecule has 0 aromatic heterocycles. The van der Waals surface area contributed by atoms with Gasteiger partial charge in [-0.15, -0.1) is 0 Å². The summed E-state index contributed by atoms with van der Waals surface area (Å²) in [7, 11) is 1.48. The Balaban J connectivity index is 1.32. The van der Waals surface area contributed by atoms with Gasteiger partial charge in [-0.2, -0.15) is 0 Å². The molecular formula is C33H36ClN3O5. The van der Waals surface area contributed by atoms with Crippen molar-refractivity contribution in [3.63, 3.8) is 0 Å². The lowest BCUT2D eigenvalue weighted by Gasteiger charge is -2.42. The number of nitrogen functional groups attached to an aromatic ring is 1. The van der Waals surface area contributed by atoms with E-state index >= 15 is 0 Å². The summed E-state index contributed by atoms with van der Waals surface area (Å²) in [6.45, 7) is 3.13. The van der Waals surface area contributed by atoms with E-state index in [2.05, 4.69) is 5.32 Å². The number of anilines is 1. The van der Waals surface area contributed by atoms with Crippen molar-refractivity contribution in [3.05, 3.63) is 94.0 Å². The lowest BCUT2D eigenvalue weighted by molar-refractivity contribution is -0.149. The van der Waals surface area contributed by atoms with E-state index in [9.17, 15) is 14.4 Å². The number of esters is 1. The lowest BCUT2D eigenvalue weighted by atomic mass is 9.63. The number of hydrogen-bond acceptors (Lipinski definition) is 6. The van der Waals surface area contributed by atoms with Crippen LogP contribution in [0.4, 0.5) is 5.69 Å². The van der Waals surface area contributed by atoms with Gasteiger partial charge in [-0.1, -0.05) is 66.2 Å². The Morgan fingerprint density at radius 2 is 1.71 bits per heavy atom. The summed E-state index contributed by atoms with van der Waals surface area (Å²) in [6, 6.07) is 20.4. The number of hydrogen-bond donors (Lipinski definition) is 2. The molecule has 1 aliphatic carbocycles. The largest absolute Gasteiger partial charge is 0.496 e. The molecule has 2 amide bonds. The number of likely N-dealkylation sites (tertiary alicyclic amines) is 1. The minimum atomic E-state index is -0.964. The summed E-state index contributed by atoms with van der Waals surface area (Å²) in [6.07, 6.45) is 2.24. The van der Waals surface area contributed by atoms with Crippen molar-refractivity contribution in [2.45, 2.75) is 50.0 Å². The maximum absolute atomic E-state index is 13.9. The van der Waals surface area contributed by atoms with E-state index < -0.39 is 5.41 Å². The van der Waals surface area contributed by atoms with Crippen molar-refractivity contribution >= 4 is 35.1 Å². The normalized spacial score (nSPS) is 20.4. The molecule has 3 aromatic rings. The van der Waals surface area contributed by atoms with Crippen LogP contribution < -0.4 is 15.8 Å². The van der Waals surface area contributed by atoms with Gasteiger partial charge < -0.3 is 25.4 Å². The zero-order valence-electron chi connectivity index (χ0n) is 23.9.